The van der Waals surface area contributed by atoms with E-state index < -0.39 is 17.7 Å². The lowest BCUT2D eigenvalue weighted by Gasteiger charge is -2.05. The van der Waals surface area contributed by atoms with E-state index in [-0.39, 0.29) is 12.3 Å². The lowest BCUT2D eigenvalue weighted by atomic mass is 10.0. The Kier molecular flexibility index (Phi) is 3.69. The summed E-state index contributed by atoms with van der Waals surface area (Å²) >= 11 is 0. The zero-order valence-corrected chi connectivity index (χ0v) is 10.7. The summed E-state index contributed by atoms with van der Waals surface area (Å²) in [5, 5.41) is 8.67. The van der Waals surface area contributed by atoms with Crippen molar-refractivity contribution in [3.63, 3.8) is 0 Å². The van der Waals surface area contributed by atoms with Crippen molar-refractivity contribution in [1.29, 1.82) is 0 Å². The van der Waals surface area contributed by atoms with Crippen LogP contribution in [0.5, 0.6) is 0 Å². The molecule has 0 fully saturated rings. The number of carbonyl (C=O) groups is 1. The lowest BCUT2D eigenvalue weighted by molar-refractivity contribution is -0.138. The monoisotopic (exact) mass is 286 g/mol. The number of fused-ring (bicyclic) bond motifs is 1. The van der Waals surface area contributed by atoms with Crippen molar-refractivity contribution in [3.8, 4) is 0 Å². The van der Waals surface area contributed by atoms with E-state index in [1.165, 1.54) is 6.07 Å². The van der Waals surface area contributed by atoms with Crippen LogP contribution in [0.25, 0.3) is 11.0 Å². The summed E-state index contributed by atoms with van der Waals surface area (Å²) in [5.41, 5.74) is 0.00617. The highest BCUT2D eigenvalue weighted by atomic mass is 19.4. The highest BCUT2D eigenvalue weighted by Gasteiger charge is 2.30. The largest absolute Gasteiger partial charge is 0.481 e. The lowest BCUT2D eigenvalue weighted by Crippen LogP contribution is -2.07. The van der Waals surface area contributed by atoms with Gasteiger partial charge >= 0.3 is 12.1 Å². The molecule has 0 bridgehead atoms. The van der Waals surface area contributed by atoms with Gasteiger partial charge in [-0.3, -0.25) is 4.79 Å². The number of H-pyrrole nitrogens is 1. The van der Waals surface area contributed by atoms with E-state index in [1.54, 1.807) is 6.92 Å². The van der Waals surface area contributed by atoms with Crippen molar-refractivity contribution in [3.05, 3.63) is 29.6 Å². The van der Waals surface area contributed by atoms with Gasteiger partial charge in [-0.05, 0) is 24.1 Å². The fourth-order valence-electron chi connectivity index (χ4n) is 2.04. The minimum absolute atomic E-state index is 0.00908. The summed E-state index contributed by atoms with van der Waals surface area (Å²) in [7, 11) is 0. The van der Waals surface area contributed by atoms with E-state index in [4.69, 9.17) is 5.11 Å². The number of carboxylic acid groups (broad SMARTS) is 1. The Morgan fingerprint density at radius 3 is 2.75 bits per heavy atom. The van der Waals surface area contributed by atoms with Gasteiger partial charge < -0.3 is 10.1 Å². The second-order valence-electron chi connectivity index (χ2n) is 4.82. The van der Waals surface area contributed by atoms with Crippen molar-refractivity contribution in [1.82, 2.24) is 9.97 Å². The molecule has 2 aromatic rings. The Labute approximate surface area is 112 Å². The Balaban J connectivity index is 2.23. The molecule has 20 heavy (non-hydrogen) atoms. The standard InChI is InChI=1S/C13H13F3N2O2/c1-7(5-12(19)20)4-11-17-9-3-2-8(13(14,15)16)6-10(9)18-11/h2-3,6-7H,4-5H2,1H3,(H,17,18)(H,19,20). The average molecular weight is 286 g/mol. The molecular formula is C13H13F3N2O2. The maximum absolute atomic E-state index is 12.6. The van der Waals surface area contributed by atoms with Gasteiger partial charge in [0.25, 0.3) is 0 Å². The number of alkyl halides is 3. The number of aromatic nitrogens is 2. The molecule has 1 atom stereocenters. The zero-order valence-electron chi connectivity index (χ0n) is 10.7. The van der Waals surface area contributed by atoms with Gasteiger partial charge in [-0.15, -0.1) is 0 Å². The van der Waals surface area contributed by atoms with E-state index in [0.717, 1.165) is 12.1 Å². The molecule has 2 rings (SSSR count). The molecule has 0 aliphatic rings. The van der Waals surface area contributed by atoms with Crippen molar-refractivity contribution in [2.24, 2.45) is 5.92 Å². The van der Waals surface area contributed by atoms with Crippen molar-refractivity contribution < 1.29 is 23.1 Å². The maximum atomic E-state index is 12.6. The molecule has 0 spiro atoms. The van der Waals surface area contributed by atoms with Crippen LogP contribution < -0.4 is 0 Å². The van der Waals surface area contributed by atoms with Crippen molar-refractivity contribution in [2.75, 3.05) is 0 Å². The smallest absolute Gasteiger partial charge is 0.416 e. The molecule has 0 saturated heterocycles. The van der Waals surface area contributed by atoms with Crippen LogP contribution in [0.2, 0.25) is 0 Å². The zero-order chi connectivity index (χ0) is 14.9. The highest BCUT2D eigenvalue weighted by Crippen LogP contribution is 2.31. The molecule has 0 saturated carbocycles. The second kappa shape index (κ2) is 5.15. The Morgan fingerprint density at radius 1 is 1.45 bits per heavy atom. The number of carboxylic acids is 1. The van der Waals surface area contributed by atoms with Gasteiger partial charge in [-0.1, -0.05) is 6.92 Å². The Morgan fingerprint density at radius 2 is 2.15 bits per heavy atom. The van der Waals surface area contributed by atoms with Crippen LogP contribution in [0, 0.1) is 5.92 Å². The fraction of sp³-hybridized carbons (Fsp3) is 0.385. The predicted molar refractivity (Wildman–Crippen MR) is 66.2 cm³/mol. The van der Waals surface area contributed by atoms with Gasteiger partial charge in [0.05, 0.1) is 16.6 Å². The summed E-state index contributed by atoms with van der Waals surface area (Å²) in [6.07, 6.45) is -4.02. The normalized spacial score (nSPS) is 13.6. The van der Waals surface area contributed by atoms with Crippen LogP contribution in [0.4, 0.5) is 13.2 Å². The van der Waals surface area contributed by atoms with Gasteiger partial charge in [0.15, 0.2) is 0 Å². The molecule has 1 aromatic heterocycles. The number of benzene rings is 1. The first-order chi connectivity index (χ1) is 9.25. The van der Waals surface area contributed by atoms with Crippen molar-refractivity contribution in [2.45, 2.75) is 25.9 Å². The molecule has 108 valence electrons. The van der Waals surface area contributed by atoms with Crippen LogP contribution in [0.3, 0.4) is 0 Å². The van der Waals surface area contributed by atoms with Crippen LogP contribution in [-0.4, -0.2) is 21.0 Å². The molecule has 0 amide bonds. The third kappa shape index (κ3) is 3.28. The number of aromatic amines is 1. The summed E-state index contributed by atoms with van der Waals surface area (Å²) in [6.45, 7) is 1.75. The molecule has 0 aliphatic heterocycles. The minimum atomic E-state index is -4.39. The molecule has 4 nitrogen and oxygen atoms in total. The number of hydrogen-bond acceptors (Lipinski definition) is 2. The average Bonchev–Trinajstić information content (AvgIpc) is 2.66. The number of nitrogens with zero attached hydrogens (tertiary/aromatic N) is 1. The van der Waals surface area contributed by atoms with E-state index in [0.29, 0.717) is 23.3 Å². The number of aliphatic carboxylic acids is 1. The van der Waals surface area contributed by atoms with Gasteiger partial charge in [-0.25, -0.2) is 4.98 Å². The van der Waals surface area contributed by atoms with Gasteiger partial charge in [0.1, 0.15) is 5.82 Å². The number of hydrogen-bond donors (Lipinski definition) is 2. The van der Waals surface area contributed by atoms with Crippen LogP contribution in [0.15, 0.2) is 18.2 Å². The summed E-state index contributed by atoms with van der Waals surface area (Å²) in [6, 6.07) is 3.29. The van der Waals surface area contributed by atoms with Gasteiger partial charge in [0.2, 0.25) is 0 Å². The first kappa shape index (κ1) is 14.4. The van der Waals surface area contributed by atoms with Crippen LogP contribution in [-0.2, 0) is 17.4 Å². The molecule has 0 aliphatic carbocycles. The minimum Gasteiger partial charge on any atom is -0.481 e. The first-order valence-corrected chi connectivity index (χ1v) is 6.03. The molecular weight excluding hydrogens is 273 g/mol. The molecule has 0 radical (unpaired) electrons. The quantitative estimate of drug-likeness (QED) is 0.906. The fourth-order valence-corrected chi connectivity index (χ4v) is 2.04. The predicted octanol–water partition coefficient (Wildman–Crippen LogP) is 3.24. The van der Waals surface area contributed by atoms with Crippen LogP contribution in [0.1, 0.15) is 24.7 Å². The summed E-state index contributed by atoms with van der Waals surface area (Å²) < 4.78 is 37.7. The molecule has 7 heteroatoms. The molecule has 1 aromatic carbocycles. The van der Waals surface area contributed by atoms with E-state index in [9.17, 15) is 18.0 Å². The highest BCUT2D eigenvalue weighted by molar-refractivity contribution is 5.76. The van der Waals surface area contributed by atoms with Gasteiger partial charge in [-0.2, -0.15) is 13.2 Å². The van der Waals surface area contributed by atoms with E-state index in [1.807, 2.05) is 0 Å². The van der Waals surface area contributed by atoms with E-state index in [2.05, 4.69) is 9.97 Å². The Bertz CT molecular complexity index is 634. The first-order valence-electron chi connectivity index (χ1n) is 6.03. The third-order valence-electron chi connectivity index (χ3n) is 2.92. The maximum Gasteiger partial charge on any atom is 0.416 e. The summed E-state index contributed by atoms with van der Waals surface area (Å²) in [5.74, 6) is -0.559. The molecule has 1 unspecified atom stereocenters. The number of halogens is 3. The number of rotatable bonds is 4. The van der Waals surface area contributed by atoms with Crippen LogP contribution >= 0.6 is 0 Å². The van der Waals surface area contributed by atoms with Crippen molar-refractivity contribution >= 4 is 17.0 Å². The topological polar surface area (TPSA) is 66.0 Å². The molecule has 2 N–H and O–H groups in total. The SMILES string of the molecule is CC(CC(=O)O)Cc1nc2ccc(C(F)(F)F)cc2[nH]1. The number of nitrogens with one attached hydrogen (secondary N) is 1. The third-order valence-corrected chi connectivity index (χ3v) is 2.92. The van der Waals surface area contributed by atoms with E-state index >= 15 is 0 Å². The molecule has 1 heterocycles. The van der Waals surface area contributed by atoms with Gasteiger partial charge in [0, 0.05) is 12.8 Å². The Hall–Kier alpha value is -2.05. The summed E-state index contributed by atoms with van der Waals surface area (Å²) in [4.78, 5) is 17.5. The number of imidazole rings is 1. The second-order valence-corrected chi connectivity index (χ2v) is 4.82.